The van der Waals surface area contributed by atoms with Crippen LogP contribution in [0.1, 0.15) is 21.6 Å². The molecule has 0 saturated carbocycles. The van der Waals surface area contributed by atoms with Crippen molar-refractivity contribution in [2.45, 2.75) is 13.5 Å². The number of carbonyl (C=O) groups is 1. The van der Waals surface area contributed by atoms with Crippen molar-refractivity contribution in [3.63, 3.8) is 0 Å². The Kier molecular flexibility index (Phi) is 4.35. The van der Waals surface area contributed by atoms with Gasteiger partial charge in [0.15, 0.2) is 0 Å². The molecule has 0 atom stereocenters. The molecule has 1 aromatic heterocycles. The molecule has 2 rings (SSSR count). The van der Waals surface area contributed by atoms with Crippen LogP contribution in [0.5, 0.6) is 0 Å². The molecule has 0 N–H and O–H groups in total. The van der Waals surface area contributed by atoms with Crippen molar-refractivity contribution in [3.8, 4) is 0 Å². The monoisotopic (exact) mass is 292 g/mol. The quantitative estimate of drug-likeness (QED) is 0.868. The lowest BCUT2D eigenvalue weighted by Gasteiger charge is -2.18. The summed E-state index contributed by atoms with van der Waals surface area (Å²) in [6, 6.07) is 7.69. The van der Waals surface area contributed by atoms with Gasteiger partial charge in [0.05, 0.1) is 10.6 Å². The zero-order chi connectivity index (χ0) is 14.7. The molecule has 0 fully saturated rings. The van der Waals surface area contributed by atoms with Crippen LogP contribution in [0.2, 0.25) is 5.02 Å². The maximum Gasteiger partial charge on any atom is 0.256 e. The van der Waals surface area contributed by atoms with E-state index in [0.29, 0.717) is 17.1 Å². The molecule has 0 saturated heterocycles. The van der Waals surface area contributed by atoms with Gasteiger partial charge in [-0.25, -0.2) is 4.39 Å². The molecule has 0 aliphatic carbocycles. The van der Waals surface area contributed by atoms with Crippen molar-refractivity contribution in [1.29, 1.82) is 0 Å². The van der Waals surface area contributed by atoms with Crippen LogP contribution in [0.3, 0.4) is 0 Å². The van der Waals surface area contributed by atoms with Gasteiger partial charge in [0.1, 0.15) is 5.82 Å². The Bertz CT molecular complexity index is 628. The number of aromatic nitrogens is 1. The predicted molar refractivity (Wildman–Crippen MR) is 76.2 cm³/mol. The van der Waals surface area contributed by atoms with E-state index >= 15 is 0 Å². The first kappa shape index (κ1) is 14.5. The molecule has 0 radical (unpaired) electrons. The third-order valence-corrected chi connectivity index (χ3v) is 3.21. The minimum absolute atomic E-state index is 0.216. The van der Waals surface area contributed by atoms with Crippen molar-refractivity contribution >= 4 is 17.5 Å². The number of carbonyl (C=O) groups excluding carboxylic acids is 1. The van der Waals surface area contributed by atoms with Crippen molar-refractivity contribution < 1.29 is 9.18 Å². The number of benzene rings is 1. The van der Waals surface area contributed by atoms with E-state index in [1.54, 1.807) is 25.2 Å². The first-order valence-corrected chi connectivity index (χ1v) is 6.47. The van der Waals surface area contributed by atoms with Gasteiger partial charge in [0.2, 0.25) is 0 Å². The molecular weight excluding hydrogens is 279 g/mol. The van der Waals surface area contributed by atoms with Crippen LogP contribution in [-0.4, -0.2) is 22.8 Å². The molecule has 2 aromatic rings. The largest absolute Gasteiger partial charge is 0.337 e. The van der Waals surface area contributed by atoms with Gasteiger partial charge in [0.25, 0.3) is 5.91 Å². The fraction of sp³-hybridized carbons (Fsp3) is 0.200. The summed E-state index contributed by atoms with van der Waals surface area (Å²) in [4.78, 5) is 17.9. The Morgan fingerprint density at radius 1 is 1.35 bits per heavy atom. The molecule has 104 valence electrons. The number of hydrogen-bond acceptors (Lipinski definition) is 2. The lowest BCUT2D eigenvalue weighted by Crippen LogP contribution is -2.26. The third kappa shape index (κ3) is 3.33. The van der Waals surface area contributed by atoms with Gasteiger partial charge in [-0.1, -0.05) is 23.7 Å². The average Bonchev–Trinajstić information content (AvgIpc) is 2.40. The van der Waals surface area contributed by atoms with Gasteiger partial charge >= 0.3 is 0 Å². The Balaban J connectivity index is 2.14. The highest BCUT2D eigenvalue weighted by Gasteiger charge is 2.16. The Hall–Kier alpha value is -1.94. The van der Waals surface area contributed by atoms with Crippen molar-refractivity contribution in [2.75, 3.05) is 7.05 Å². The molecule has 0 spiro atoms. The summed E-state index contributed by atoms with van der Waals surface area (Å²) in [5, 5.41) is 0.383. The zero-order valence-electron chi connectivity index (χ0n) is 11.2. The van der Waals surface area contributed by atoms with Crippen LogP contribution in [0.15, 0.2) is 36.5 Å². The number of amides is 1. The molecule has 1 aromatic carbocycles. The smallest absolute Gasteiger partial charge is 0.256 e. The van der Waals surface area contributed by atoms with E-state index in [1.165, 1.54) is 23.2 Å². The number of rotatable bonds is 3. The number of pyridine rings is 1. The molecule has 0 bridgehead atoms. The summed E-state index contributed by atoms with van der Waals surface area (Å²) in [7, 11) is 1.67. The molecule has 20 heavy (non-hydrogen) atoms. The minimum Gasteiger partial charge on any atom is -0.337 e. The maximum absolute atomic E-state index is 12.8. The number of aryl methyl sites for hydroxylation is 1. The molecular formula is C15H14ClFN2O. The highest BCUT2D eigenvalue weighted by atomic mass is 35.5. The van der Waals surface area contributed by atoms with Gasteiger partial charge < -0.3 is 4.90 Å². The predicted octanol–water partition coefficient (Wildman–Crippen LogP) is 3.45. The molecule has 1 heterocycles. The molecule has 5 heteroatoms. The molecule has 0 unspecified atom stereocenters. The molecule has 3 nitrogen and oxygen atoms in total. The van der Waals surface area contributed by atoms with E-state index in [2.05, 4.69) is 4.98 Å². The number of nitrogens with zero attached hydrogens (tertiary/aromatic N) is 2. The fourth-order valence-electron chi connectivity index (χ4n) is 1.82. The maximum atomic E-state index is 12.8. The van der Waals surface area contributed by atoms with Gasteiger partial charge in [0, 0.05) is 25.5 Å². The molecule has 0 aliphatic rings. The van der Waals surface area contributed by atoms with Crippen LogP contribution >= 0.6 is 11.6 Å². The van der Waals surface area contributed by atoms with Gasteiger partial charge in [-0.05, 0) is 30.7 Å². The second-order valence-electron chi connectivity index (χ2n) is 4.59. The summed E-state index contributed by atoms with van der Waals surface area (Å²) < 4.78 is 12.8. The van der Waals surface area contributed by atoms with E-state index in [1.807, 2.05) is 6.92 Å². The first-order valence-electron chi connectivity index (χ1n) is 6.09. The zero-order valence-corrected chi connectivity index (χ0v) is 12.0. The first-order chi connectivity index (χ1) is 9.47. The van der Waals surface area contributed by atoms with E-state index in [4.69, 9.17) is 11.6 Å². The van der Waals surface area contributed by atoms with Crippen molar-refractivity contribution in [3.05, 3.63) is 64.2 Å². The highest BCUT2D eigenvalue weighted by Crippen LogP contribution is 2.18. The summed E-state index contributed by atoms with van der Waals surface area (Å²) in [6.45, 7) is 2.19. The highest BCUT2D eigenvalue weighted by molar-refractivity contribution is 6.33. The summed E-state index contributed by atoms with van der Waals surface area (Å²) in [5.41, 5.74) is 1.97. The molecule has 0 aliphatic heterocycles. The van der Waals surface area contributed by atoms with Crippen LogP contribution in [0, 0.1) is 12.7 Å². The summed E-state index contributed by atoms with van der Waals surface area (Å²) >= 11 is 6.06. The van der Waals surface area contributed by atoms with E-state index in [-0.39, 0.29) is 11.7 Å². The van der Waals surface area contributed by atoms with E-state index in [9.17, 15) is 9.18 Å². The number of halogens is 2. The lowest BCUT2D eigenvalue weighted by molar-refractivity contribution is 0.0785. The Morgan fingerprint density at radius 2 is 2.00 bits per heavy atom. The normalized spacial score (nSPS) is 10.4. The SMILES string of the molecule is Cc1cc(Cl)c(C(=O)N(C)Cc2ccc(F)cc2)cn1. The van der Waals surface area contributed by atoms with Crippen molar-refractivity contribution in [2.24, 2.45) is 0 Å². The minimum atomic E-state index is -0.298. The van der Waals surface area contributed by atoms with Gasteiger partial charge in [-0.3, -0.25) is 9.78 Å². The third-order valence-electron chi connectivity index (χ3n) is 2.90. The van der Waals surface area contributed by atoms with Gasteiger partial charge in [-0.15, -0.1) is 0 Å². The summed E-state index contributed by atoms with van der Waals surface area (Å²) in [6.07, 6.45) is 1.47. The van der Waals surface area contributed by atoms with Crippen LogP contribution in [0.25, 0.3) is 0 Å². The van der Waals surface area contributed by atoms with E-state index in [0.717, 1.165) is 11.3 Å². The average molecular weight is 293 g/mol. The van der Waals surface area contributed by atoms with Crippen LogP contribution in [-0.2, 0) is 6.54 Å². The van der Waals surface area contributed by atoms with Crippen molar-refractivity contribution in [1.82, 2.24) is 9.88 Å². The number of hydrogen-bond donors (Lipinski definition) is 0. The molecule has 1 amide bonds. The topological polar surface area (TPSA) is 33.2 Å². The second kappa shape index (κ2) is 6.01. The van der Waals surface area contributed by atoms with Crippen LogP contribution < -0.4 is 0 Å². The standard InChI is InChI=1S/C15H14ClFN2O/c1-10-7-14(16)13(8-18-10)15(20)19(2)9-11-3-5-12(17)6-4-11/h3-8H,9H2,1-2H3. The van der Waals surface area contributed by atoms with Gasteiger partial charge in [-0.2, -0.15) is 0 Å². The fourth-order valence-corrected chi connectivity index (χ4v) is 2.11. The lowest BCUT2D eigenvalue weighted by atomic mass is 10.2. The van der Waals surface area contributed by atoms with Crippen LogP contribution in [0.4, 0.5) is 4.39 Å². The Labute approximate surface area is 122 Å². The Morgan fingerprint density at radius 3 is 2.60 bits per heavy atom. The summed E-state index contributed by atoms with van der Waals surface area (Å²) in [5.74, 6) is -0.514. The second-order valence-corrected chi connectivity index (χ2v) is 5.00. The van der Waals surface area contributed by atoms with E-state index < -0.39 is 0 Å².